The molecular weight excluding hydrogens is 236 g/mol. The summed E-state index contributed by atoms with van der Waals surface area (Å²) < 4.78 is 0. The van der Waals surface area contributed by atoms with E-state index in [1.165, 1.54) is 0 Å². The molecule has 1 aromatic rings. The number of carbonyl (C=O) groups is 1. The third-order valence-electron chi connectivity index (χ3n) is 3.79. The van der Waals surface area contributed by atoms with Gasteiger partial charge in [0.05, 0.1) is 0 Å². The molecule has 0 bridgehead atoms. The van der Waals surface area contributed by atoms with Gasteiger partial charge in [0.15, 0.2) is 0 Å². The fraction of sp³-hybridized carbons (Fsp3) is 0.562. The molecule has 106 valence electrons. The number of nitrogens with one attached hydrogen (secondary N) is 1. The van der Waals surface area contributed by atoms with E-state index >= 15 is 0 Å². The minimum Gasteiger partial charge on any atom is -0.385 e. The van der Waals surface area contributed by atoms with E-state index in [0.29, 0.717) is 0 Å². The standard InChI is InChI=1S/C16H26N2O/c1-6-12-17-14-10-8-13(9-11-14)15(19)18(5)16(3,4)7-2/h8-11,17H,6-7,12H2,1-5H3. The van der Waals surface area contributed by atoms with Gasteiger partial charge in [-0.1, -0.05) is 13.8 Å². The lowest BCUT2D eigenvalue weighted by Crippen LogP contribution is -2.44. The van der Waals surface area contributed by atoms with Gasteiger partial charge in [-0.3, -0.25) is 4.79 Å². The second kappa shape index (κ2) is 6.60. The molecule has 3 heteroatoms. The largest absolute Gasteiger partial charge is 0.385 e. The second-order valence-electron chi connectivity index (χ2n) is 5.53. The maximum Gasteiger partial charge on any atom is 0.254 e. The van der Waals surface area contributed by atoms with Crippen molar-refractivity contribution in [2.75, 3.05) is 18.9 Å². The molecule has 0 aliphatic heterocycles. The maximum absolute atomic E-state index is 12.4. The van der Waals surface area contributed by atoms with Gasteiger partial charge in [0.2, 0.25) is 0 Å². The lowest BCUT2D eigenvalue weighted by molar-refractivity contribution is 0.0620. The van der Waals surface area contributed by atoms with Gasteiger partial charge >= 0.3 is 0 Å². The third kappa shape index (κ3) is 3.98. The number of hydrogen-bond donors (Lipinski definition) is 1. The molecule has 0 aromatic heterocycles. The van der Waals surface area contributed by atoms with Crippen LogP contribution in [0.15, 0.2) is 24.3 Å². The first-order valence-corrected chi connectivity index (χ1v) is 7.04. The topological polar surface area (TPSA) is 32.3 Å². The van der Waals surface area contributed by atoms with E-state index in [1.807, 2.05) is 36.2 Å². The number of anilines is 1. The van der Waals surface area contributed by atoms with Gasteiger partial charge < -0.3 is 10.2 Å². The van der Waals surface area contributed by atoms with Crippen LogP contribution in [0.2, 0.25) is 0 Å². The van der Waals surface area contributed by atoms with Crippen LogP contribution in [0, 0.1) is 0 Å². The fourth-order valence-electron chi connectivity index (χ4n) is 1.71. The van der Waals surface area contributed by atoms with Crippen LogP contribution in [0.25, 0.3) is 0 Å². The highest BCUT2D eigenvalue weighted by molar-refractivity contribution is 5.94. The summed E-state index contributed by atoms with van der Waals surface area (Å²) in [4.78, 5) is 14.2. The van der Waals surface area contributed by atoms with Crippen LogP contribution in [-0.4, -0.2) is 29.9 Å². The summed E-state index contributed by atoms with van der Waals surface area (Å²) in [5.74, 6) is 0.0777. The summed E-state index contributed by atoms with van der Waals surface area (Å²) >= 11 is 0. The predicted molar refractivity (Wildman–Crippen MR) is 81.7 cm³/mol. The van der Waals surface area contributed by atoms with E-state index < -0.39 is 0 Å². The van der Waals surface area contributed by atoms with E-state index in [2.05, 4.69) is 33.0 Å². The van der Waals surface area contributed by atoms with Crippen LogP contribution < -0.4 is 5.32 Å². The molecule has 1 N–H and O–H groups in total. The summed E-state index contributed by atoms with van der Waals surface area (Å²) in [6.45, 7) is 9.36. The quantitative estimate of drug-likeness (QED) is 0.846. The number of rotatable bonds is 6. The van der Waals surface area contributed by atoms with Crippen molar-refractivity contribution in [1.29, 1.82) is 0 Å². The van der Waals surface area contributed by atoms with Crippen molar-refractivity contribution < 1.29 is 4.79 Å². The Morgan fingerprint density at radius 3 is 2.26 bits per heavy atom. The number of hydrogen-bond acceptors (Lipinski definition) is 2. The zero-order chi connectivity index (χ0) is 14.5. The molecule has 0 spiro atoms. The first-order valence-electron chi connectivity index (χ1n) is 7.04. The SMILES string of the molecule is CCCNc1ccc(C(=O)N(C)C(C)(C)CC)cc1. The number of benzene rings is 1. The molecule has 1 rings (SSSR count). The van der Waals surface area contributed by atoms with Crippen LogP contribution >= 0.6 is 0 Å². The molecule has 3 nitrogen and oxygen atoms in total. The van der Waals surface area contributed by atoms with Crippen molar-refractivity contribution in [3.63, 3.8) is 0 Å². The Balaban J connectivity index is 2.78. The van der Waals surface area contributed by atoms with Crippen molar-refractivity contribution >= 4 is 11.6 Å². The van der Waals surface area contributed by atoms with Crippen molar-refractivity contribution in [3.05, 3.63) is 29.8 Å². The van der Waals surface area contributed by atoms with Crippen molar-refractivity contribution in [3.8, 4) is 0 Å². The molecule has 1 aromatic carbocycles. The Bertz CT molecular complexity index is 409. The first-order chi connectivity index (χ1) is 8.92. The van der Waals surface area contributed by atoms with Crippen LogP contribution in [0.1, 0.15) is 50.9 Å². The molecule has 0 atom stereocenters. The van der Waals surface area contributed by atoms with E-state index in [4.69, 9.17) is 0 Å². The molecular formula is C16H26N2O. The van der Waals surface area contributed by atoms with E-state index in [9.17, 15) is 4.79 Å². The average molecular weight is 262 g/mol. The summed E-state index contributed by atoms with van der Waals surface area (Å²) in [6.07, 6.45) is 2.03. The van der Waals surface area contributed by atoms with Gasteiger partial charge in [0, 0.05) is 30.4 Å². The van der Waals surface area contributed by atoms with Crippen LogP contribution in [0.4, 0.5) is 5.69 Å². The minimum absolute atomic E-state index is 0.0777. The molecule has 0 heterocycles. The summed E-state index contributed by atoms with van der Waals surface area (Å²) in [5, 5.41) is 3.31. The molecule has 0 aliphatic carbocycles. The van der Waals surface area contributed by atoms with Gasteiger partial charge in [0.25, 0.3) is 5.91 Å². The first kappa shape index (κ1) is 15.5. The molecule has 0 aliphatic rings. The highest BCUT2D eigenvalue weighted by atomic mass is 16.2. The van der Waals surface area contributed by atoms with Gasteiger partial charge in [-0.05, 0) is 51.0 Å². The van der Waals surface area contributed by atoms with Gasteiger partial charge in [-0.15, -0.1) is 0 Å². The highest BCUT2D eigenvalue weighted by Crippen LogP contribution is 2.20. The Hall–Kier alpha value is -1.51. The van der Waals surface area contributed by atoms with Crippen LogP contribution in [0.5, 0.6) is 0 Å². The van der Waals surface area contributed by atoms with Crippen molar-refractivity contribution in [2.24, 2.45) is 0 Å². The smallest absolute Gasteiger partial charge is 0.254 e. The molecule has 0 saturated heterocycles. The molecule has 1 amide bonds. The Kier molecular flexibility index (Phi) is 5.40. The Morgan fingerprint density at radius 2 is 1.79 bits per heavy atom. The molecule has 0 unspecified atom stereocenters. The third-order valence-corrected chi connectivity index (χ3v) is 3.79. The Morgan fingerprint density at radius 1 is 1.21 bits per heavy atom. The number of carbonyl (C=O) groups excluding carboxylic acids is 1. The van der Waals surface area contributed by atoms with Crippen molar-refractivity contribution in [1.82, 2.24) is 4.90 Å². The highest BCUT2D eigenvalue weighted by Gasteiger charge is 2.26. The monoisotopic (exact) mass is 262 g/mol. The lowest BCUT2D eigenvalue weighted by atomic mass is 9.99. The maximum atomic E-state index is 12.4. The zero-order valence-electron chi connectivity index (χ0n) is 12.8. The summed E-state index contributed by atoms with van der Waals surface area (Å²) in [7, 11) is 1.87. The van der Waals surface area contributed by atoms with Gasteiger partial charge in [-0.2, -0.15) is 0 Å². The van der Waals surface area contributed by atoms with Crippen molar-refractivity contribution in [2.45, 2.75) is 46.1 Å². The van der Waals surface area contributed by atoms with E-state index in [1.54, 1.807) is 0 Å². The Labute approximate surface area is 117 Å². The van der Waals surface area contributed by atoms with Crippen LogP contribution in [-0.2, 0) is 0 Å². The fourth-order valence-corrected chi connectivity index (χ4v) is 1.71. The molecule has 19 heavy (non-hydrogen) atoms. The number of nitrogens with zero attached hydrogens (tertiary/aromatic N) is 1. The normalized spacial score (nSPS) is 11.2. The molecule has 0 fully saturated rings. The summed E-state index contributed by atoms with van der Waals surface area (Å²) in [6, 6.07) is 7.72. The molecule has 0 radical (unpaired) electrons. The van der Waals surface area contributed by atoms with Crippen LogP contribution in [0.3, 0.4) is 0 Å². The van der Waals surface area contributed by atoms with Gasteiger partial charge in [-0.25, -0.2) is 0 Å². The number of amides is 1. The van der Waals surface area contributed by atoms with E-state index in [-0.39, 0.29) is 11.4 Å². The predicted octanol–water partition coefficient (Wildman–Crippen LogP) is 3.77. The lowest BCUT2D eigenvalue weighted by Gasteiger charge is -2.35. The zero-order valence-corrected chi connectivity index (χ0v) is 12.8. The summed E-state index contributed by atoms with van der Waals surface area (Å²) in [5.41, 5.74) is 1.69. The minimum atomic E-state index is -0.115. The second-order valence-corrected chi connectivity index (χ2v) is 5.53. The van der Waals surface area contributed by atoms with Gasteiger partial charge in [0.1, 0.15) is 0 Å². The average Bonchev–Trinajstić information content (AvgIpc) is 2.44. The molecule has 0 saturated carbocycles. The van der Waals surface area contributed by atoms with E-state index in [0.717, 1.165) is 30.6 Å².